The van der Waals surface area contributed by atoms with E-state index in [4.69, 9.17) is 10.3 Å². The van der Waals surface area contributed by atoms with Crippen molar-refractivity contribution >= 4 is 11.9 Å². The van der Waals surface area contributed by atoms with Crippen LogP contribution < -0.4 is 0 Å². The van der Waals surface area contributed by atoms with Gasteiger partial charge in [-0.05, 0) is 37.8 Å². The number of unbranched alkanes of at least 4 members (excludes halogenated alkanes) is 10. The molecule has 30 heavy (non-hydrogen) atoms. The smallest absolute Gasteiger partial charge is 0.320 e. The van der Waals surface area contributed by atoms with E-state index in [-0.39, 0.29) is 12.0 Å². The summed E-state index contributed by atoms with van der Waals surface area (Å²) in [4.78, 5) is 27.8. The van der Waals surface area contributed by atoms with E-state index in [1.54, 1.807) is 0 Å². The maximum absolute atomic E-state index is 11.8. The molecule has 0 unspecified atom stereocenters. The van der Waals surface area contributed by atoms with Gasteiger partial charge in [0, 0.05) is 17.9 Å². The van der Waals surface area contributed by atoms with Crippen LogP contribution in [0, 0.1) is 0 Å². The molecule has 0 amide bonds. The number of azide groups is 1. The molecule has 1 aliphatic rings. The van der Waals surface area contributed by atoms with Gasteiger partial charge in [-0.15, -0.1) is 0 Å². The first-order valence-corrected chi connectivity index (χ1v) is 11.7. The van der Waals surface area contributed by atoms with E-state index in [2.05, 4.69) is 16.9 Å². The van der Waals surface area contributed by atoms with Crippen molar-refractivity contribution in [2.75, 3.05) is 19.7 Å². The van der Waals surface area contributed by atoms with Gasteiger partial charge in [0.1, 0.15) is 6.04 Å². The summed E-state index contributed by atoms with van der Waals surface area (Å²) in [5, 5.41) is 13.0. The number of carbonyl (C=O) groups excluding carboxylic acids is 1. The molecule has 0 bridgehead atoms. The summed E-state index contributed by atoms with van der Waals surface area (Å²) in [6, 6.07) is -0.853. The van der Waals surface area contributed by atoms with Crippen molar-refractivity contribution < 1.29 is 19.4 Å². The predicted octanol–water partition coefficient (Wildman–Crippen LogP) is 5.46. The molecule has 0 spiro atoms. The summed E-state index contributed by atoms with van der Waals surface area (Å²) < 4.78 is 5.30. The molecule has 1 fully saturated rings. The molecule has 172 valence electrons. The van der Waals surface area contributed by atoms with Gasteiger partial charge in [-0.3, -0.25) is 14.5 Å². The minimum Gasteiger partial charge on any atom is -0.480 e. The van der Waals surface area contributed by atoms with Crippen LogP contribution in [-0.4, -0.2) is 53.7 Å². The van der Waals surface area contributed by atoms with Crippen molar-refractivity contribution in [1.82, 2.24) is 4.90 Å². The minimum atomic E-state index is -0.870. The number of nitrogens with zero attached hydrogens (tertiary/aromatic N) is 4. The Kier molecular flexibility index (Phi) is 14.8. The van der Waals surface area contributed by atoms with Crippen LogP contribution >= 0.6 is 0 Å². The van der Waals surface area contributed by atoms with Crippen molar-refractivity contribution in [3.05, 3.63) is 10.4 Å². The van der Waals surface area contributed by atoms with Gasteiger partial charge >= 0.3 is 11.9 Å². The fourth-order valence-corrected chi connectivity index (χ4v) is 3.97. The van der Waals surface area contributed by atoms with Crippen molar-refractivity contribution in [3.63, 3.8) is 0 Å². The molecule has 0 aromatic carbocycles. The van der Waals surface area contributed by atoms with Crippen LogP contribution in [-0.2, 0) is 14.3 Å². The van der Waals surface area contributed by atoms with E-state index < -0.39 is 12.0 Å². The molecule has 1 N–H and O–H groups in total. The maximum atomic E-state index is 11.8. The third-order valence-electron chi connectivity index (χ3n) is 5.72. The van der Waals surface area contributed by atoms with Crippen molar-refractivity contribution in [2.45, 2.75) is 109 Å². The number of rotatable bonds is 18. The second-order valence-corrected chi connectivity index (χ2v) is 8.30. The molecule has 0 aliphatic carbocycles. The van der Waals surface area contributed by atoms with Crippen LogP contribution in [0.5, 0.6) is 0 Å². The number of likely N-dealkylation sites (tertiary alicyclic amines) is 1. The number of aliphatic carboxylic acids is 1. The summed E-state index contributed by atoms with van der Waals surface area (Å²) in [7, 11) is 0. The zero-order valence-electron chi connectivity index (χ0n) is 18.6. The van der Waals surface area contributed by atoms with E-state index in [1.165, 1.54) is 44.9 Å². The Bertz CT molecular complexity index is 537. The highest BCUT2D eigenvalue weighted by molar-refractivity contribution is 5.74. The van der Waals surface area contributed by atoms with Crippen LogP contribution in [0.4, 0.5) is 0 Å². The molecule has 0 aromatic rings. The minimum absolute atomic E-state index is 0.137. The molecule has 1 heterocycles. The van der Waals surface area contributed by atoms with E-state index in [1.807, 2.05) is 4.90 Å². The van der Waals surface area contributed by atoms with E-state index in [0.717, 1.165) is 32.1 Å². The van der Waals surface area contributed by atoms with Gasteiger partial charge in [0.2, 0.25) is 0 Å². The third-order valence-corrected chi connectivity index (χ3v) is 5.72. The summed E-state index contributed by atoms with van der Waals surface area (Å²) in [6.45, 7) is 3.88. The fraction of sp³-hybridized carbons (Fsp3) is 0.909. The predicted molar refractivity (Wildman–Crippen MR) is 117 cm³/mol. The molecule has 8 heteroatoms. The lowest BCUT2D eigenvalue weighted by Crippen LogP contribution is -2.36. The average Bonchev–Trinajstić information content (AvgIpc) is 3.12. The lowest BCUT2D eigenvalue weighted by molar-refractivity contribution is -0.144. The zero-order valence-corrected chi connectivity index (χ0v) is 18.6. The first-order chi connectivity index (χ1) is 14.6. The van der Waals surface area contributed by atoms with Gasteiger partial charge in [0.15, 0.2) is 0 Å². The van der Waals surface area contributed by atoms with Crippen LogP contribution in [0.2, 0.25) is 0 Å². The highest BCUT2D eigenvalue weighted by Crippen LogP contribution is 2.21. The third kappa shape index (κ3) is 12.0. The van der Waals surface area contributed by atoms with Gasteiger partial charge in [-0.2, -0.15) is 0 Å². The van der Waals surface area contributed by atoms with Crippen LogP contribution in [0.3, 0.4) is 0 Å². The molecule has 1 aliphatic heterocycles. The van der Waals surface area contributed by atoms with Crippen molar-refractivity contribution in [2.24, 2.45) is 5.11 Å². The number of hydrogen-bond donors (Lipinski definition) is 1. The summed E-state index contributed by atoms with van der Waals surface area (Å²) in [6.07, 6.45) is 14.4. The Morgan fingerprint density at radius 3 is 2.30 bits per heavy atom. The Balaban J connectivity index is 1.98. The van der Waals surface area contributed by atoms with E-state index in [0.29, 0.717) is 32.5 Å². The van der Waals surface area contributed by atoms with Crippen LogP contribution in [0.25, 0.3) is 10.4 Å². The Morgan fingerprint density at radius 1 is 1.03 bits per heavy atom. The SMILES string of the molecule is CCCCCCCCCCCOC(=O)CCCCCN1C[C@H](N=[N+]=[N-])C[C@H]1C(=O)O. The average molecular weight is 425 g/mol. The Morgan fingerprint density at radius 2 is 1.67 bits per heavy atom. The highest BCUT2D eigenvalue weighted by atomic mass is 16.5. The molecular weight excluding hydrogens is 384 g/mol. The summed E-state index contributed by atoms with van der Waals surface area (Å²) >= 11 is 0. The monoisotopic (exact) mass is 424 g/mol. The number of ether oxygens (including phenoxy) is 1. The molecule has 0 radical (unpaired) electrons. The molecular formula is C22H40N4O4. The van der Waals surface area contributed by atoms with Crippen molar-refractivity contribution in [1.29, 1.82) is 0 Å². The Hall–Kier alpha value is -1.79. The molecule has 0 saturated carbocycles. The van der Waals surface area contributed by atoms with Crippen LogP contribution in [0.1, 0.15) is 96.8 Å². The lowest BCUT2D eigenvalue weighted by Gasteiger charge is -2.20. The quantitative estimate of drug-likeness (QED) is 0.103. The standard InChI is InChI=1S/C22H40N4O4/c1-2-3-4-5-6-7-8-9-13-16-30-21(27)14-11-10-12-15-26-18-19(24-25-23)17-20(26)22(28)29/h19-20H,2-18H2,1H3,(H,28,29)/t19-,20+/m1/s1. The van der Waals surface area contributed by atoms with Crippen LogP contribution in [0.15, 0.2) is 5.11 Å². The van der Waals surface area contributed by atoms with Gasteiger partial charge in [0.25, 0.3) is 0 Å². The zero-order chi connectivity index (χ0) is 22.0. The van der Waals surface area contributed by atoms with Gasteiger partial charge in [0.05, 0.1) is 12.6 Å². The van der Waals surface area contributed by atoms with Gasteiger partial charge in [-0.25, -0.2) is 0 Å². The van der Waals surface area contributed by atoms with E-state index in [9.17, 15) is 14.7 Å². The molecule has 1 rings (SSSR count). The van der Waals surface area contributed by atoms with Gasteiger partial charge in [-0.1, -0.05) is 69.8 Å². The lowest BCUT2D eigenvalue weighted by atomic mass is 10.1. The van der Waals surface area contributed by atoms with E-state index >= 15 is 0 Å². The Labute approximate surface area is 181 Å². The maximum Gasteiger partial charge on any atom is 0.320 e. The largest absolute Gasteiger partial charge is 0.480 e. The second kappa shape index (κ2) is 16.9. The molecule has 0 aromatic heterocycles. The topological polar surface area (TPSA) is 116 Å². The fourth-order valence-electron chi connectivity index (χ4n) is 3.97. The first kappa shape index (κ1) is 26.2. The number of carbonyl (C=O) groups is 2. The molecule has 2 atom stereocenters. The normalized spacial score (nSPS) is 18.8. The number of hydrogen-bond acceptors (Lipinski definition) is 5. The molecule has 8 nitrogen and oxygen atoms in total. The van der Waals surface area contributed by atoms with Crippen molar-refractivity contribution in [3.8, 4) is 0 Å². The number of esters is 1. The van der Waals surface area contributed by atoms with Gasteiger partial charge < -0.3 is 9.84 Å². The second-order valence-electron chi connectivity index (χ2n) is 8.30. The number of carboxylic acid groups (broad SMARTS) is 1. The summed E-state index contributed by atoms with van der Waals surface area (Å²) in [5.74, 6) is -1.01. The summed E-state index contributed by atoms with van der Waals surface area (Å²) in [5.41, 5.74) is 8.54. The highest BCUT2D eigenvalue weighted by Gasteiger charge is 2.35. The molecule has 1 saturated heterocycles. The number of carboxylic acids is 1. The first-order valence-electron chi connectivity index (χ1n) is 11.7.